The van der Waals surface area contributed by atoms with Crippen molar-refractivity contribution in [2.24, 2.45) is 0 Å². The highest BCUT2D eigenvalue weighted by molar-refractivity contribution is 7.27. The van der Waals surface area contributed by atoms with Crippen molar-refractivity contribution in [3.63, 3.8) is 0 Å². The van der Waals surface area contributed by atoms with E-state index < -0.39 is 6.71 Å². The van der Waals surface area contributed by atoms with Gasteiger partial charge in [-0.05, 0) is 210 Å². The van der Waals surface area contributed by atoms with Crippen LogP contribution in [-0.4, -0.2) is 20.2 Å². The molecule has 2 aliphatic rings. The van der Waals surface area contributed by atoms with E-state index in [-0.39, 0.29) is 10.8 Å². The summed E-state index contributed by atoms with van der Waals surface area (Å²) in [5.74, 6) is 0. The predicted octanol–water partition coefficient (Wildman–Crippen LogP) is 34.9. The van der Waals surface area contributed by atoms with Crippen LogP contribution in [-0.2, 0) is 10.8 Å². The number of thiophene rings is 2. The fourth-order valence-electron chi connectivity index (χ4n) is 25.4. The zero-order valence-electron chi connectivity index (χ0n) is 76.7. The molecule has 644 valence electrons. The van der Waals surface area contributed by atoms with Crippen LogP contribution in [0.2, 0.25) is 0 Å². The zero-order valence-corrected chi connectivity index (χ0v) is 78.4. The van der Waals surface area contributed by atoms with Gasteiger partial charge in [0.25, 0.3) is 6.71 Å². The van der Waals surface area contributed by atoms with Gasteiger partial charge in [0.2, 0.25) is 0 Å². The molecule has 138 heavy (non-hydrogen) atoms. The number of aromatic nitrogens is 3. The second kappa shape index (κ2) is 27.7. The first kappa shape index (κ1) is 77.0. The minimum absolute atomic E-state index is 0.323. The minimum Gasteiger partial charge on any atom is -0.309 e. The van der Waals surface area contributed by atoms with Gasteiger partial charge in [-0.25, -0.2) is 0 Å². The highest BCUT2D eigenvalue weighted by Crippen LogP contribution is 2.62. The maximum absolute atomic E-state index is 2.90. The first-order valence-corrected chi connectivity index (χ1v) is 50.0. The SMILES string of the molecule is CC(C)(C)c1cc(-c2ccccc2)c(N2c3cc(-n4c5ccccc5c5ccc6c7ccccc7sc6c54)ccc3B3c4ccc(-n5c6ccccc6c6ccc7c8ccccc8sc7c65)cc4N(c4c(-c5ccccc5)cc(C(C)(C)C)cc4-c4ccc5ccc6cccc7ccc4c5c67)c4c3c2c2c3ccccc3n3c5ccccc5c4c23)c(-c2ccc3ccc4cccc5ccc2c3c45)c1. The minimum atomic E-state index is -0.426. The van der Waals surface area contributed by atoms with Crippen LogP contribution in [0, 0.1) is 0 Å². The second-order valence-electron chi connectivity index (χ2n) is 40.8. The Morgan fingerprint density at radius 2 is 0.580 bits per heavy atom. The van der Waals surface area contributed by atoms with E-state index in [0.29, 0.717) is 0 Å². The van der Waals surface area contributed by atoms with Crippen molar-refractivity contribution in [2.75, 3.05) is 9.80 Å². The summed E-state index contributed by atoms with van der Waals surface area (Å²) in [4.78, 5) is 5.79. The molecule has 5 nitrogen and oxygen atoms in total. The Labute approximate surface area is 803 Å². The van der Waals surface area contributed by atoms with Gasteiger partial charge < -0.3 is 23.3 Å². The van der Waals surface area contributed by atoms with E-state index in [9.17, 15) is 0 Å². The molecule has 0 radical (unpaired) electrons. The molecule has 0 unspecified atom stereocenters. The highest BCUT2D eigenvalue weighted by Gasteiger charge is 2.50. The largest absolute Gasteiger partial charge is 0.309 e. The van der Waals surface area contributed by atoms with Gasteiger partial charge >= 0.3 is 0 Å². The highest BCUT2D eigenvalue weighted by atomic mass is 32.1. The van der Waals surface area contributed by atoms with Gasteiger partial charge in [-0.3, -0.25) is 0 Å². The van der Waals surface area contributed by atoms with Crippen molar-refractivity contribution in [2.45, 2.75) is 52.4 Å². The molecule has 29 aromatic rings. The summed E-state index contributed by atoms with van der Waals surface area (Å²) >= 11 is 3.83. The number of nitrogens with zero attached hydrogens (tertiary/aromatic N) is 5. The van der Waals surface area contributed by atoms with Crippen molar-refractivity contribution in [3.8, 4) is 55.9 Å². The standard InChI is InChI=1S/C130H84BN5S2/c1-129(2,3)81-67-99(73-27-9-7-10-28-73)120(101(69-81)85-57-51-79-49-47-75-31-25-33-77-53-59-91(85)115(79)113(75)77)135-109-71-83(132-105-41-19-13-35-87(105)93-61-63-95-89-37-17-23-45-111(89)137-127(95)122(93)132)55-65-103(109)131-104-66-56-84(133-106-42-20-14-36-88(106)94-62-64-96-90-38-18-24-46-112(90)138-128(96)123(94)133)72-110(104)136(126-118-98-40-16-22-44-108(98)134-107-43-21-15-39-97(107)117(124(118)134)125(135)119(126)131)121-100(74-29-11-8-12-30-74)68-82(130(4,5)6)70-102(121)86-58-52-80-50-48-76-32-26-34-78-54-60-92(86)116(80)114(76)78/h7-72H,1-6H3. The number of anilines is 6. The number of benzene rings is 23. The second-order valence-corrected chi connectivity index (χ2v) is 42.9. The lowest BCUT2D eigenvalue weighted by atomic mass is 9.33. The van der Waals surface area contributed by atoms with Gasteiger partial charge in [0, 0.05) is 119 Å². The third-order valence-corrected chi connectivity index (χ3v) is 33.8. The molecule has 0 fully saturated rings. The number of fused-ring (bicyclic) bond motifs is 26. The maximum atomic E-state index is 2.90. The first-order chi connectivity index (χ1) is 67.8. The molecule has 0 amide bonds. The average molecular weight is 1790 g/mol. The van der Waals surface area contributed by atoms with Gasteiger partial charge in [-0.1, -0.05) is 357 Å². The van der Waals surface area contributed by atoms with Gasteiger partial charge in [0.05, 0.1) is 70.8 Å². The Morgan fingerprint density at radius 1 is 0.232 bits per heavy atom. The molecule has 8 heterocycles. The van der Waals surface area contributed by atoms with Crippen molar-refractivity contribution in [3.05, 3.63) is 412 Å². The molecule has 8 heteroatoms. The van der Waals surface area contributed by atoms with E-state index in [2.05, 4.69) is 465 Å². The molecule has 0 bridgehead atoms. The Bertz CT molecular complexity index is 9810. The normalized spacial score (nSPS) is 13.2. The van der Waals surface area contributed by atoms with Crippen molar-refractivity contribution in [1.82, 2.24) is 13.5 Å². The van der Waals surface area contributed by atoms with Crippen LogP contribution in [0.1, 0.15) is 52.7 Å². The molecule has 0 saturated heterocycles. The molecule has 0 atom stereocenters. The quantitative estimate of drug-likeness (QED) is 0.112. The fourth-order valence-corrected chi connectivity index (χ4v) is 27.9. The van der Waals surface area contributed by atoms with Crippen LogP contribution < -0.4 is 26.2 Å². The summed E-state index contributed by atoms with van der Waals surface area (Å²) < 4.78 is 13.1. The van der Waals surface area contributed by atoms with Crippen molar-refractivity contribution >= 4 is 267 Å². The Morgan fingerprint density at radius 3 is 1.01 bits per heavy atom. The van der Waals surface area contributed by atoms with E-state index in [1.54, 1.807) is 0 Å². The fraction of sp³-hybridized carbons (Fsp3) is 0.0615. The maximum Gasteiger partial charge on any atom is 0.252 e. The van der Waals surface area contributed by atoms with E-state index in [4.69, 9.17) is 0 Å². The molecule has 0 N–H and O–H groups in total. The summed E-state index contributed by atoms with van der Waals surface area (Å²) in [6.07, 6.45) is 0. The molecule has 0 spiro atoms. The molecule has 0 saturated carbocycles. The lowest BCUT2D eigenvalue weighted by Crippen LogP contribution is -2.61. The molecule has 2 aliphatic heterocycles. The van der Waals surface area contributed by atoms with Gasteiger partial charge in [0.15, 0.2) is 0 Å². The molecule has 23 aromatic carbocycles. The molecular formula is C130H84BN5S2. The number of hydrogen-bond acceptors (Lipinski definition) is 4. The number of para-hydroxylation sites is 4. The molecule has 31 rings (SSSR count). The average Bonchev–Trinajstić information content (AvgIpc) is 1.36. The van der Waals surface area contributed by atoms with Gasteiger partial charge in [0.1, 0.15) is 0 Å². The Balaban J connectivity index is 0.826. The zero-order chi connectivity index (χ0) is 90.9. The molecule has 6 aromatic heterocycles. The summed E-state index contributed by atoms with van der Waals surface area (Å²) in [5, 5.41) is 29.7. The van der Waals surface area contributed by atoms with Crippen molar-refractivity contribution < 1.29 is 0 Å². The van der Waals surface area contributed by atoms with E-state index in [1.165, 1.54) is 203 Å². The van der Waals surface area contributed by atoms with Gasteiger partial charge in [-0.15, -0.1) is 22.7 Å². The molecular weight excluding hydrogens is 1710 g/mol. The number of hydrogen-bond donors (Lipinski definition) is 0. The lowest BCUT2D eigenvalue weighted by Gasteiger charge is -2.46. The van der Waals surface area contributed by atoms with E-state index >= 15 is 0 Å². The van der Waals surface area contributed by atoms with E-state index in [0.717, 1.165) is 101 Å². The summed E-state index contributed by atoms with van der Waals surface area (Å²) in [6, 6.07) is 156. The Kier molecular flexibility index (Phi) is 15.5. The third kappa shape index (κ3) is 10.3. The summed E-state index contributed by atoms with van der Waals surface area (Å²) in [6.45, 7) is 14.0. The summed E-state index contributed by atoms with van der Waals surface area (Å²) in [7, 11) is 0. The first-order valence-electron chi connectivity index (χ1n) is 48.4. The third-order valence-electron chi connectivity index (χ3n) is 31.5. The van der Waals surface area contributed by atoms with Crippen LogP contribution in [0.25, 0.3) is 243 Å². The van der Waals surface area contributed by atoms with Crippen LogP contribution >= 0.6 is 22.7 Å². The number of rotatable bonds is 8. The van der Waals surface area contributed by atoms with E-state index in [1.807, 2.05) is 22.7 Å². The monoisotopic (exact) mass is 1790 g/mol. The Hall–Kier alpha value is -16.4. The lowest BCUT2D eigenvalue weighted by molar-refractivity contribution is 0.590. The van der Waals surface area contributed by atoms with Crippen LogP contribution in [0.3, 0.4) is 0 Å². The predicted molar refractivity (Wildman–Crippen MR) is 596 cm³/mol. The smallest absolute Gasteiger partial charge is 0.252 e. The van der Waals surface area contributed by atoms with Crippen LogP contribution in [0.15, 0.2) is 400 Å². The summed E-state index contributed by atoms with van der Waals surface area (Å²) in [5.41, 5.74) is 31.9. The molecule has 0 aliphatic carbocycles. The van der Waals surface area contributed by atoms with Crippen LogP contribution in [0.5, 0.6) is 0 Å². The van der Waals surface area contributed by atoms with Crippen LogP contribution in [0.4, 0.5) is 34.1 Å². The van der Waals surface area contributed by atoms with Crippen molar-refractivity contribution in [1.29, 1.82) is 0 Å². The van der Waals surface area contributed by atoms with Gasteiger partial charge in [-0.2, -0.15) is 0 Å². The topological polar surface area (TPSA) is 20.8 Å².